The van der Waals surface area contributed by atoms with Crippen LogP contribution in [-0.4, -0.2) is 45.6 Å². The van der Waals surface area contributed by atoms with Gasteiger partial charge in [0.15, 0.2) is 18.2 Å². The number of ether oxygens (including phenoxy) is 2. The van der Waals surface area contributed by atoms with E-state index in [-0.39, 0.29) is 11.7 Å². The Morgan fingerprint density at radius 3 is 2.59 bits per heavy atom. The molecule has 1 aromatic heterocycles. The van der Waals surface area contributed by atoms with Crippen molar-refractivity contribution in [3.8, 4) is 22.9 Å². The quantitative estimate of drug-likeness (QED) is 0.185. The lowest BCUT2D eigenvalue weighted by atomic mass is 9.96. The van der Waals surface area contributed by atoms with Crippen LogP contribution in [0, 0.1) is 17.0 Å². The molecular weight excluding hydrogens is 504 g/mol. The van der Waals surface area contributed by atoms with Crippen LogP contribution in [0.1, 0.15) is 36.5 Å². The lowest BCUT2D eigenvalue weighted by Gasteiger charge is -2.17. The van der Waals surface area contributed by atoms with E-state index in [2.05, 4.69) is 5.10 Å². The third-order valence-electron chi connectivity index (χ3n) is 6.05. The van der Waals surface area contributed by atoms with E-state index in [9.17, 15) is 19.7 Å². The molecule has 4 rings (SSSR count). The zero-order valence-corrected chi connectivity index (χ0v) is 21.7. The Balaban J connectivity index is 1.89. The zero-order chi connectivity index (χ0) is 28.3. The lowest BCUT2D eigenvalue weighted by Crippen LogP contribution is -2.20. The topological polar surface area (TPSA) is 146 Å². The van der Waals surface area contributed by atoms with Gasteiger partial charge >= 0.3 is 11.7 Å². The number of aromatic nitrogens is 2. The number of nitro groups is 1. The average molecular weight is 531 g/mol. The molecule has 0 bridgehead atoms. The molecule has 0 atom stereocenters. The van der Waals surface area contributed by atoms with Gasteiger partial charge in [0.05, 0.1) is 29.2 Å². The number of aryl methyl sites for hydroxylation is 1. The molecule has 0 saturated heterocycles. The number of carbonyl (C=O) groups is 1. The van der Waals surface area contributed by atoms with Crippen LogP contribution in [0.2, 0.25) is 0 Å². The highest BCUT2D eigenvalue weighted by Gasteiger charge is 2.19. The van der Waals surface area contributed by atoms with E-state index in [4.69, 9.17) is 19.6 Å². The Hall–Kier alpha value is -5.06. The van der Waals surface area contributed by atoms with Crippen LogP contribution in [0.3, 0.4) is 0 Å². The maximum absolute atomic E-state index is 13.6. The van der Waals surface area contributed by atoms with Gasteiger partial charge in [-0.05, 0) is 60.4 Å². The molecule has 0 spiro atoms. The molecule has 0 aliphatic rings. The van der Waals surface area contributed by atoms with Crippen LogP contribution in [0.25, 0.3) is 22.3 Å². The van der Waals surface area contributed by atoms with Gasteiger partial charge in [-0.2, -0.15) is 9.78 Å². The first-order valence-electron chi connectivity index (χ1n) is 12.0. The van der Waals surface area contributed by atoms with Gasteiger partial charge in [0, 0.05) is 17.2 Å². The summed E-state index contributed by atoms with van der Waals surface area (Å²) >= 11 is 0. The molecule has 0 saturated carbocycles. The molecule has 1 heterocycles. The number of aliphatic carboxylic acids is 1. The fraction of sp³-hybridized carbons (Fsp3) is 0.214. The molecule has 0 aliphatic heterocycles. The predicted octanol–water partition coefficient (Wildman–Crippen LogP) is 4.76. The molecule has 0 amide bonds. The van der Waals surface area contributed by atoms with Crippen LogP contribution < -0.4 is 15.0 Å². The molecule has 11 nitrogen and oxygen atoms in total. The summed E-state index contributed by atoms with van der Waals surface area (Å²) < 4.78 is 11.8. The molecule has 0 fully saturated rings. The number of nitro benzene ring substituents is 1. The summed E-state index contributed by atoms with van der Waals surface area (Å²) in [4.78, 5) is 40.0. The second kappa shape index (κ2) is 11.1. The summed E-state index contributed by atoms with van der Waals surface area (Å²) in [6.07, 6.45) is 1.30. The van der Waals surface area contributed by atoms with Gasteiger partial charge in [-0.15, -0.1) is 0 Å². The fourth-order valence-electron chi connectivity index (χ4n) is 4.12. The lowest BCUT2D eigenvalue weighted by molar-refractivity contribution is -0.385. The van der Waals surface area contributed by atoms with Crippen molar-refractivity contribution in [2.24, 2.45) is 5.10 Å². The molecule has 0 aliphatic carbocycles. The molecule has 200 valence electrons. The van der Waals surface area contributed by atoms with Gasteiger partial charge in [-0.25, -0.2) is 9.78 Å². The molecular formula is C28H26N4O7. The molecule has 0 radical (unpaired) electrons. The van der Waals surface area contributed by atoms with Gasteiger partial charge < -0.3 is 14.6 Å². The van der Waals surface area contributed by atoms with E-state index in [0.717, 1.165) is 16.9 Å². The maximum atomic E-state index is 13.6. The first-order valence-corrected chi connectivity index (χ1v) is 12.0. The van der Waals surface area contributed by atoms with Gasteiger partial charge in [-0.3, -0.25) is 14.9 Å². The summed E-state index contributed by atoms with van der Waals surface area (Å²) in [5.74, 6) is -0.305. The SMILES string of the molecule is COc1cc(C)c(-c2nc3ccccc3c(=O)n2N=Cc2ccc(OCC(=O)O)c([N+](=O)[O-])c2)cc1C(C)C. The molecule has 4 aromatic rings. The smallest absolute Gasteiger partial charge is 0.341 e. The maximum Gasteiger partial charge on any atom is 0.341 e. The number of carboxylic acid groups (broad SMARTS) is 1. The summed E-state index contributed by atoms with van der Waals surface area (Å²) in [6.45, 7) is 5.23. The predicted molar refractivity (Wildman–Crippen MR) is 146 cm³/mol. The van der Waals surface area contributed by atoms with E-state index in [1.807, 2.05) is 32.9 Å². The Kier molecular flexibility index (Phi) is 7.70. The fourth-order valence-corrected chi connectivity index (χ4v) is 4.12. The number of fused-ring (bicyclic) bond motifs is 1. The largest absolute Gasteiger partial charge is 0.496 e. The average Bonchev–Trinajstić information content (AvgIpc) is 2.91. The number of carboxylic acids is 1. The summed E-state index contributed by atoms with van der Waals surface area (Å²) in [6, 6.07) is 14.7. The molecule has 11 heteroatoms. The normalized spacial score (nSPS) is 11.3. The van der Waals surface area contributed by atoms with E-state index in [1.54, 1.807) is 31.4 Å². The van der Waals surface area contributed by atoms with Crippen molar-refractivity contribution < 1.29 is 24.3 Å². The molecule has 3 aromatic carbocycles. The minimum atomic E-state index is -1.26. The number of methoxy groups -OCH3 is 1. The van der Waals surface area contributed by atoms with Crippen molar-refractivity contribution in [3.05, 3.63) is 91.8 Å². The van der Waals surface area contributed by atoms with Crippen molar-refractivity contribution >= 4 is 28.8 Å². The highest BCUT2D eigenvalue weighted by atomic mass is 16.6. The number of para-hydroxylation sites is 1. The van der Waals surface area contributed by atoms with Gasteiger partial charge in [0.25, 0.3) is 5.56 Å². The molecule has 0 unspecified atom stereocenters. The van der Waals surface area contributed by atoms with Crippen LogP contribution >= 0.6 is 0 Å². The number of hydrogen-bond donors (Lipinski definition) is 1. The van der Waals surface area contributed by atoms with Crippen LogP contribution in [-0.2, 0) is 4.79 Å². The third kappa shape index (κ3) is 5.61. The second-order valence-corrected chi connectivity index (χ2v) is 9.04. The van der Waals surface area contributed by atoms with E-state index < -0.39 is 28.7 Å². The van der Waals surface area contributed by atoms with Crippen LogP contribution in [0.15, 0.2) is 64.5 Å². The minimum Gasteiger partial charge on any atom is -0.496 e. The number of benzene rings is 3. The summed E-state index contributed by atoms with van der Waals surface area (Å²) in [5, 5.41) is 25.1. The first kappa shape index (κ1) is 27.0. The van der Waals surface area contributed by atoms with Gasteiger partial charge in [-0.1, -0.05) is 26.0 Å². The second-order valence-electron chi connectivity index (χ2n) is 9.04. The number of nitrogens with zero attached hydrogens (tertiary/aromatic N) is 4. The van der Waals surface area contributed by atoms with E-state index in [1.165, 1.54) is 29.1 Å². The number of hydrogen-bond acceptors (Lipinski definition) is 8. The highest BCUT2D eigenvalue weighted by molar-refractivity contribution is 5.83. The zero-order valence-electron chi connectivity index (χ0n) is 21.7. The van der Waals surface area contributed by atoms with Crippen molar-refractivity contribution in [3.63, 3.8) is 0 Å². The van der Waals surface area contributed by atoms with Crippen molar-refractivity contribution in [2.75, 3.05) is 13.7 Å². The molecule has 1 N–H and O–H groups in total. The van der Waals surface area contributed by atoms with Gasteiger partial charge in [0.1, 0.15) is 5.75 Å². The van der Waals surface area contributed by atoms with Crippen molar-refractivity contribution in [1.82, 2.24) is 9.66 Å². The van der Waals surface area contributed by atoms with Crippen LogP contribution in [0.5, 0.6) is 11.5 Å². The first-order chi connectivity index (χ1) is 18.6. The Morgan fingerprint density at radius 1 is 1.18 bits per heavy atom. The Morgan fingerprint density at radius 2 is 1.92 bits per heavy atom. The monoisotopic (exact) mass is 530 g/mol. The Labute approximate surface area is 223 Å². The Bertz CT molecular complexity index is 1680. The molecule has 39 heavy (non-hydrogen) atoms. The standard InChI is InChI=1S/C28H26N4O7/c1-16(2)20-13-21(17(3)11-25(20)38-4)27-30-22-8-6-5-7-19(22)28(35)31(27)29-14-18-9-10-24(39-15-26(33)34)23(12-18)32(36)37/h5-14,16H,15H2,1-4H3,(H,33,34). The third-order valence-corrected chi connectivity index (χ3v) is 6.05. The summed E-state index contributed by atoms with van der Waals surface area (Å²) in [5.41, 5.74) is 2.39. The van der Waals surface area contributed by atoms with Crippen LogP contribution in [0.4, 0.5) is 5.69 Å². The summed E-state index contributed by atoms with van der Waals surface area (Å²) in [7, 11) is 1.60. The van der Waals surface area contributed by atoms with Gasteiger partial charge in [0.2, 0.25) is 0 Å². The minimum absolute atomic E-state index is 0.130. The van der Waals surface area contributed by atoms with E-state index >= 15 is 0 Å². The number of rotatable bonds is 9. The van der Waals surface area contributed by atoms with Crippen molar-refractivity contribution in [1.29, 1.82) is 0 Å². The van der Waals surface area contributed by atoms with E-state index in [0.29, 0.717) is 27.9 Å². The van der Waals surface area contributed by atoms with Crippen molar-refractivity contribution in [2.45, 2.75) is 26.7 Å². The highest BCUT2D eigenvalue weighted by Crippen LogP contribution is 2.34.